The normalized spacial score (nSPS) is 20.8. The number of halogens is 1. The topological polar surface area (TPSA) is 76.1 Å². The number of carboxylic acid groups (broad SMARTS) is 1. The molecule has 0 spiro atoms. The molecule has 1 N–H and O–H groups in total. The van der Waals surface area contributed by atoms with Crippen LogP contribution in [0.4, 0.5) is 4.79 Å². The first-order chi connectivity index (χ1) is 11.1. The Balaban J connectivity index is 2.25. The minimum absolute atomic E-state index is 0.132. The second-order valence-electron chi connectivity index (χ2n) is 6.82. The Morgan fingerprint density at radius 3 is 2.46 bits per heavy atom. The Bertz CT molecular complexity index is 640. The number of carbonyl (C=O) groups is 2. The molecular weight excluding hydrogens is 378 g/mol. The first-order valence-corrected chi connectivity index (χ1v) is 8.46. The number of amides is 1. The Hall–Kier alpha value is -1.76. The molecule has 1 amide bonds. The molecule has 1 aliphatic rings. The van der Waals surface area contributed by atoms with Crippen molar-refractivity contribution in [1.82, 2.24) is 4.90 Å². The van der Waals surface area contributed by atoms with Gasteiger partial charge in [-0.25, -0.2) is 4.79 Å². The van der Waals surface area contributed by atoms with Crippen LogP contribution >= 0.6 is 15.9 Å². The van der Waals surface area contributed by atoms with Crippen LogP contribution in [0.2, 0.25) is 0 Å². The summed E-state index contributed by atoms with van der Waals surface area (Å²) in [4.78, 5) is 25.4. The molecule has 0 saturated carbocycles. The standard InChI is InChI=1S/C17H22BrNO5/c1-17(2,3)24-16(22)19-8-12(13(9-19)15(20)21)11-6-5-10(23-4)7-14(11)18/h5-7,12-13H,8-9H2,1-4H3,(H,20,21). The van der Waals surface area contributed by atoms with Gasteiger partial charge in [0.25, 0.3) is 0 Å². The molecule has 24 heavy (non-hydrogen) atoms. The van der Waals surface area contributed by atoms with Gasteiger partial charge in [-0.15, -0.1) is 0 Å². The average Bonchev–Trinajstić information content (AvgIpc) is 2.90. The van der Waals surface area contributed by atoms with Gasteiger partial charge in [0.2, 0.25) is 0 Å². The Morgan fingerprint density at radius 1 is 1.29 bits per heavy atom. The van der Waals surface area contributed by atoms with Crippen molar-refractivity contribution in [3.63, 3.8) is 0 Å². The molecule has 1 fully saturated rings. The van der Waals surface area contributed by atoms with E-state index in [1.165, 1.54) is 4.90 Å². The fraction of sp³-hybridized carbons (Fsp3) is 0.529. The molecule has 0 aromatic heterocycles. The number of carboxylic acids is 1. The first kappa shape index (κ1) is 18.6. The highest BCUT2D eigenvalue weighted by Gasteiger charge is 2.42. The lowest BCUT2D eigenvalue weighted by atomic mass is 9.89. The molecule has 1 aliphatic heterocycles. The van der Waals surface area contributed by atoms with Crippen LogP contribution in [-0.4, -0.2) is 47.9 Å². The third-order valence-corrected chi connectivity index (χ3v) is 4.58. The summed E-state index contributed by atoms with van der Waals surface area (Å²) in [7, 11) is 1.57. The number of hydrogen-bond donors (Lipinski definition) is 1. The molecular formula is C17H22BrNO5. The minimum atomic E-state index is -0.922. The largest absolute Gasteiger partial charge is 0.497 e. The number of likely N-dealkylation sites (tertiary alicyclic amines) is 1. The van der Waals surface area contributed by atoms with Crippen LogP contribution in [0, 0.1) is 5.92 Å². The molecule has 0 bridgehead atoms. The number of benzene rings is 1. The molecule has 1 aromatic rings. The fourth-order valence-corrected chi connectivity index (χ4v) is 3.43. The van der Waals surface area contributed by atoms with E-state index in [9.17, 15) is 14.7 Å². The second-order valence-corrected chi connectivity index (χ2v) is 7.68. The van der Waals surface area contributed by atoms with Gasteiger partial charge in [0, 0.05) is 23.5 Å². The number of carbonyl (C=O) groups excluding carboxylic acids is 1. The molecule has 2 unspecified atom stereocenters. The minimum Gasteiger partial charge on any atom is -0.497 e. The number of methoxy groups -OCH3 is 1. The van der Waals surface area contributed by atoms with Crippen molar-refractivity contribution >= 4 is 28.0 Å². The maximum Gasteiger partial charge on any atom is 0.410 e. The van der Waals surface area contributed by atoms with Crippen molar-refractivity contribution in [2.45, 2.75) is 32.3 Å². The number of hydrogen-bond acceptors (Lipinski definition) is 4. The second kappa shape index (κ2) is 7.01. The van der Waals surface area contributed by atoms with Crippen LogP contribution in [0.1, 0.15) is 32.3 Å². The summed E-state index contributed by atoms with van der Waals surface area (Å²) in [5.41, 5.74) is 0.225. The zero-order valence-corrected chi connectivity index (χ0v) is 15.8. The van der Waals surface area contributed by atoms with E-state index in [2.05, 4.69) is 15.9 Å². The van der Waals surface area contributed by atoms with Crippen molar-refractivity contribution < 1.29 is 24.2 Å². The number of aliphatic carboxylic acids is 1. The van der Waals surface area contributed by atoms with Crippen LogP contribution in [0.15, 0.2) is 22.7 Å². The Labute approximate surface area is 149 Å². The molecule has 2 atom stereocenters. The van der Waals surface area contributed by atoms with Crippen LogP contribution in [0.3, 0.4) is 0 Å². The quantitative estimate of drug-likeness (QED) is 0.841. The van der Waals surface area contributed by atoms with Crippen LogP contribution < -0.4 is 4.74 Å². The summed E-state index contributed by atoms with van der Waals surface area (Å²) in [6.07, 6.45) is -0.485. The van der Waals surface area contributed by atoms with Crippen LogP contribution in [0.25, 0.3) is 0 Å². The highest BCUT2D eigenvalue weighted by Crippen LogP contribution is 2.38. The summed E-state index contributed by atoms with van der Waals surface area (Å²) < 4.78 is 11.3. The molecule has 7 heteroatoms. The Kier molecular flexibility index (Phi) is 5.42. The summed E-state index contributed by atoms with van der Waals surface area (Å²) in [6, 6.07) is 5.42. The number of ether oxygens (including phenoxy) is 2. The van der Waals surface area contributed by atoms with Crippen molar-refractivity contribution in [3.8, 4) is 5.75 Å². The highest BCUT2D eigenvalue weighted by molar-refractivity contribution is 9.10. The van der Waals surface area contributed by atoms with Crippen molar-refractivity contribution in [1.29, 1.82) is 0 Å². The van der Waals surface area contributed by atoms with Gasteiger partial charge < -0.3 is 19.5 Å². The van der Waals surface area contributed by atoms with Crippen molar-refractivity contribution in [3.05, 3.63) is 28.2 Å². The molecule has 132 valence electrons. The lowest BCUT2D eigenvalue weighted by molar-refractivity contribution is -0.141. The molecule has 0 radical (unpaired) electrons. The third kappa shape index (κ3) is 4.20. The van der Waals surface area contributed by atoms with Crippen molar-refractivity contribution in [2.24, 2.45) is 5.92 Å². The molecule has 1 saturated heterocycles. The van der Waals surface area contributed by atoms with Gasteiger partial charge >= 0.3 is 12.1 Å². The van der Waals surface area contributed by atoms with Gasteiger partial charge in [0.05, 0.1) is 13.0 Å². The van der Waals surface area contributed by atoms with E-state index in [-0.39, 0.29) is 12.5 Å². The lowest BCUT2D eigenvalue weighted by Gasteiger charge is -2.24. The first-order valence-electron chi connectivity index (χ1n) is 7.66. The Morgan fingerprint density at radius 2 is 1.96 bits per heavy atom. The van der Waals surface area contributed by atoms with Crippen molar-refractivity contribution in [2.75, 3.05) is 20.2 Å². The van der Waals surface area contributed by atoms with E-state index in [0.29, 0.717) is 12.3 Å². The van der Waals surface area contributed by atoms with E-state index in [0.717, 1.165) is 10.0 Å². The molecule has 0 aliphatic carbocycles. The van der Waals surface area contributed by atoms with Gasteiger partial charge in [-0.3, -0.25) is 4.79 Å². The zero-order valence-electron chi connectivity index (χ0n) is 14.2. The van der Waals surface area contributed by atoms with Gasteiger partial charge in [-0.05, 0) is 38.5 Å². The van der Waals surface area contributed by atoms with E-state index in [4.69, 9.17) is 9.47 Å². The maximum absolute atomic E-state index is 12.3. The van der Waals surface area contributed by atoms with E-state index in [1.54, 1.807) is 40.0 Å². The zero-order chi connectivity index (χ0) is 18.1. The molecule has 1 aromatic carbocycles. The summed E-state index contributed by atoms with van der Waals surface area (Å²) in [5, 5.41) is 9.55. The predicted octanol–water partition coefficient (Wildman–Crippen LogP) is 3.49. The molecule has 2 rings (SSSR count). The van der Waals surface area contributed by atoms with E-state index in [1.807, 2.05) is 6.07 Å². The monoisotopic (exact) mass is 399 g/mol. The average molecular weight is 400 g/mol. The summed E-state index contributed by atoms with van der Waals surface area (Å²) in [6.45, 7) is 5.79. The van der Waals surface area contributed by atoms with Crippen LogP contribution in [-0.2, 0) is 9.53 Å². The molecule has 1 heterocycles. The number of rotatable bonds is 3. The third-order valence-electron chi connectivity index (χ3n) is 3.90. The van der Waals surface area contributed by atoms with E-state index >= 15 is 0 Å². The maximum atomic E-state index is 12.3. The highest BCUT2D eigenvalue weighted by atomic mass is 79.9. The summed E-state index contributed by atoms with van der Waals surface area (Å²) >= 11 is 3.47. The van der Waals surface area contributed by atoms with Gasteiger partial charge in [-0.1, -0.05) is 22.0 Å². The van der Waals surface area contributed by atoms with Gasteiger partial charge in [0.1, 0.15) is 11.4 Å². The van der Waals surface area contributed by atoms with E-state index < -0.39 is 23.6 Å². The lowest BCUT2D eigenvalue weighted by Crippen LogP contribution is -2.35. The number of nitrogens with zero attached hydrogens (tertiary/aromatic N) is 1. The summed E-state index contributed by atoms with van der Waals surface area (Å²) in [5.74, 6) is -1.23. The smallest absolute Gasteiger partial charge is 0.410 e. The SMILES string of the molecule is COc1ccc(C2CN(C(=O)OC(C)(C)C)CC2C(=O)O)c(Br)c1. The van der Waals surface area contributed by atoms with Crippen LogP contribution in [0.5, 0.6) is 5.75 Å². The predicted molar refractivity (Wildman–Crippen MR) is 92.4 cm³/mol. The van der Waals surface area contributed by atoms with Gasteiger partial charge in [-0.2, -0.15) is 0 Å². The fourth-order valence-electron chi connectivity index (χ4n) is 2.78. The van der Waals surface area contributed by atoms with Gasteiger partial charge in [0.15, 0.2) is 0 Å². The molecule has 6 nitrogen and oxygen atoms in total.